The zero-order valence-corrected chi connectivity index (χ0v) is 18.0. The molecule has 138 valence electrons. The molecule has 0 unspecified atom stereocenters. The van der Waals surface area contributed by atoms with Gasteiger partial charge in [0.05, 0.1) is 12.2 Å². The highest BCUT2D eigenvalue weighted by Crippen LogP contribution is 2.34. The summed E-state index contributed by atoms with van der Waals surface area (Å²) in [6, 6.07) is 6.69. The van der Waals surface area contributed by atoms with Gasteiger partial charge in [0.25, 0.3) is 0 Å². The summed E-state index contributed by atoms with van der Waals surface area (Å²) in [5.74, 6) is 0.869. The molecule has 6 heteroatoms. The van der Waals surface area contributed by atoms with Crippen LogP contribution in [-0.2, 0) is 6.54 Å². The second-order valence-electron chi connectivity index (χ2n) is 7.64. The van der Waals surface area contributed by atoms with Gasteiger partial charge in [0.15, 0.2) is 5.96 Å². The zero-order valence-electron chi connectivity index (χ0n) is 15.7. The molecule has 1 aliphatic carbocycles. The summed E-state index contributed by atoms with van der Waals surface area (Å²) in [7, 11) is 1.83. The maximum Gasteiger partial charge on any atom is 0.191 e. The summed E-state index contributed by atoms with van der Waals surface area (Å²) in [6.45, 7) is 7.50. The molecule has 25 heavy (non-hydrogen) atoms. The van der Waals surface area contributed by atoms with Gasteiger partial charge in [0.2, 0.25) is 0 Å². The van der Waals surface area contributed by atoms with Crippen LogP contribution in [-0.4, -0.2) is 28.4 Å². The van der Waals surface area contributed by atoms with Crippen molar-refractivity contribution in [3.8, 4) is 0 Å². The lowest BCUT2D eigenvalue weighted by Gasteiger charge is -2.35. The Kier molecular flexibility index (Phi) is 6.71. The highest BCUT2D eigenvalue weighted by molar-refractivity contribution is 14.0. The predicted molar refractivity (Wildman–Crippen MR) is 115 cm³/mol. The van der Waals surface area contributed by atoms with Crippen LogP contribution in [0.3, 0.4) is 0 Å². The molecule has 0 aliphatic heterocycles. The highest BCUT2D eigenvalue weighted by atomic mass is 127. The van der Waals surface area contributed by atoms with Gasteiger partial charge < -0.3 is 15.0 Å². The van der Waals surface area contributed by atoms with Crippen molar-refractivity contribution in [1.29, 1.82) is 0 Å². The van der Waals surface area contributed by atoms with Crippen LogP contribution in [0, 0.1) is 12.3 Å². The van der Waals surface area contributed by atoms with Gasteiger partial charge in [-0.2, -0.15) is 0 Å². The number of hydrogen-bond donors (Lipinski definition) is 2. The Bertz CT molecular complexity index is 724. The van der Waals surface area contributed by atoms with Crippen LogP contribution in [0.25, 0.3) is 5.65 Å². The molecule has 2 aromatic rings. The van der Waals surface area contributed by atoms with Crippen LogP contribution in [0.15, 0.2) is 29.4 Å². The molecule has 0 spiro atoms. The summed E-state index contributed by atoms with van der Waals surface area (Å²) >= 11 is 0. The van der Waals surface area contributed by atoms with E-state index in [-0.39, 0.29) is 24.0 Å². The molecule has 2 heterocycles. The summed E-state index contributed by atoms with van der Waals surface area (Å²) in [6.07, 6.45) is 7.05. The van der Waals surface area contributed by atoms with E-state index in [4.69, 9.17) is 0 Å². The Balaban J connectivity index is 0.00000225. The van der Waals surface area contributed by atoms with Crippen molar-refractivity contribution in [2.75, 3.05) is 7.05 Å². The van der Waals surface area contributed by atoms with Crippen molar-refractivity contribution in [2.24, 2.45) is 10.4 Å². The number of rotatable bonds is 3. The van der Waals surface area contributed by atoms with Gasteiger partial charge in [-0.05, 0) is 50.2 Å². The Morgan fingerprint density at radius 1 is 1.32 bits per heavy atom. The number of nitrogens with zero attached hydrogens (tertiary/aromatic N) is 3. The van der Waals surface area contributed by atoms with E-state index in [1.165, 1.54) is 31.4 Å². The van der Waals surface area contributed by atoms with E-state index >= 15 is 0 Å². The molecule has 0 saturated heterocycles. The van der Waals surface area contributed by atoms with Crippen LogP contribution in [0.5, 0.6) is 0 Å². The average Bonchev–Trinajstić information content (AvgIpc) is 2.97. The number of nitrogens with one attached hydrogen (secondary N) is 2. The molecule has 1 saturated carbocycles. The van der Waals surface area contributed by atoms with E-state index in [2.05, 4.69) is 58.0 Å². The number of aryl methyl sites for hydroxylation is 1. The van der Waals surface area contributed by atoms with Crippen molar-refractivity contribution in [1.82, 2.24) is 20.0 Å². The van der Waals surface area contributed by atoms with Crippen LogP contribution >= 0.6 is 24.0 Å². The maximum absolute atomic E-state index is 4.66. The van der Waals surface area contributed by atoms with Gasteiger partial charge in [0.1, 0.15) is 5.65 Å². The molecular weight excluding hydrogens is 425 g/mol. The minimum atomic E-state index is 0. The van der Waals surface area contributed by atoms with Gasteiger partial charge in [-0.25, -0.2) is 4.98 Å². The summed E-state index contributed by atoms with van der Waals surface area (Å²) in [5.41, 5.74) is 3.70. The Morgan fingerprint density at radius 3 is 2.68 bits per heavy atom. The molecule has 5 nitrogen and oxygen atoms in total. The summed E-state index contributed by atoms with van der Waals surface area (Å²) in [4.78, 5) is 9.03. The van der Waals surface area contributed by atoms with Crippen molar-refractivity contribution in [3.05, 3.63) is 35.8 Å². The van der Waals surface area contributed by atoms with Crippen molar-refractivity contribution in [2.45, 2.75) is 59.0 Å². The number of aromatic nitrogens is 2. The number of guanidine groups is 1. The van der Waals surface area contributed by atoms with E-state index in [1.807, 2.05) is 19.2 Å². The SMILES string of the molecule is CN=C(NCc1cn2c(C)cccc2n1)NC1CCC(C)(C)CC1.I. The largest absolute Gasteiger partial charge is 0.354 e. The fourth-order valence-electron chi connectivity index (χ4n) is 3.39. The first-order valence-electron chi connectivity index (χ1n) is 8.88. The normalized spacial score (nSPS) is 18.0. The van der Waals surface area contributed by atoms with E-state index < -0.39 is 0 Å². The third-order valence-electron chi connectivity index (χ3n) is 5.09. The quantitative estimate of drug-likeness (QED) is 0.420. The molecule has 0 atom stereocenters. The maximum atomic E-state index is 4.66. The van der Waals surface area contributed by atoms with Crippen molar-refractivity contribution in [3.63, 3.8) is 0 Å². The first kappa shape index (κ1) is 20.0. The number of hydrogen-bond acceptors (Lipinski definition) is 2. The van der Waals surface area contributed by atoms with Gasteiger partial charge in [0, 0.05) is 25.0 Å². The Labute approximate surface area is 167 Å². The lowest BCUT2D eigenvalue weighted by atomic mass is 9.75. The van der Waals surface area contributed by atoms with E-state index in [0.29, 0.717) is 18.0 Å². The number of fused-ring (bicyclic) bond motifs is 1. The lowest BCUT2D eigenvalue weighted by Crippen LogP contribution is -2.45. The molecule has 1 aliphatic rings. The fourth-order valence-corrected chi connectivity index (χ4v) is 3.39. The molecule has 1 fully saturated rings. The van der Waals surface area contributed by atoms with Crippen LogP contribution in [0.2, 0.25) is 0 Å². The number of imidazole rings is 1. The monoisotopic (exact) mass is 455 g/mol. The van der Waals surface area contributed by atoms with Gasteiger partial charge in [-0.1, -0.05) is 19.9 Å². The fraction of sp³-hybridized carbons (Fsp3) is 0.579. The average molecular weight is 455 g/mol. The minimum Gasteiger partial charge on any atom is -0.354 e. The third kappa shape index (κ3) is 5.09. The number of halogens is 1. The minimum absolute atomic E-state index is 0. The summed E-state index contributed by atoms with van der Waals surface area (Å²) < 4.78 is 2.12. The number of pyridine rings is 1. The van der Waals surface area contributed by atoms with Crippen LogP contribution in [0.1, 0.15) is 50.9 Å². The standard InChI is InChI=1S/C19H29N5.HI/c1-14-6-5-7-17-22-16(13-24(14)17)12-21-18(20-4)23-15-8-10-19(2,3)11-9-15;/h5-7,13,15H,8-12H2,1-4H3,(H2,20,21,23);1H. The molecular formula is C19H30IN5. The lowest BCUT2D eigenvalue weighted by molar-refractivity contribution is 0.216. The third-order valence-corrected chi connectivity index (χ3v) is 5.09. The van der Waals surface area contributed by atoms with E-state index in [0.717, 1.165) is 17.3 Å². The molecule has 0 amide bonds. The van der Waals surface area contributed by atoms with Crippen molar-refractivity contribution >= 4 is 35.6 Å². The van der Waals surface area contributed by atoms with Crippen molar-refractivity contribution < 1.29 is 0 Å². The molecule has 2 N–H and O–H groups in total. The van der Waals surface area contributed by atoms with Gasteiger partial charge in [-0.3, -0.25) is 4.99 Å². The van der Waals surface area contributed by atoms with E-state index in [1.54, 1.807) is 0 Å². The second kappa shape index (κ2) is 8.38. The van der Waals surface area contributed by atoms with Gasteiger partial charge >= 0.3 is 0 Å². The van der Waals surface area contributed by atoms with Gasteiger partial charge in [-0.15, -0.1) is 24.0 Å². The molecule has 0 bridgehead atoms. The number of aliphatic imine (C=N–C) groups is 1. The first-order valence-corrected chi connectivity index (χ1v) is 8.88. The highest BCUT2D eigenvalue weighted by Gasteiger charge is 2.27. The van der Waals surface area contributed by atoms with E-state index in [9.17, 15) is 0 Å². The summed E-state index contributed by atoms with van der Waals surface area (Å²) in [5, 5.41) is 6.96. The predicted octanol–water partition coefficient (Wildman–Crippen LogP) is 3.89. The Hall–Kier alpha value is -1.31. The molecule has 0 aromatic carbocycles. The first-order chi connectivity index (χ1) is 11.5. The Morgan fingerprint density at radius 2 is 2.04 bits per heavy atom. The van der Waals surface area contributed by atoms with Crippen LogP contribution < -0.4 is 10.6 Å². The molecule has 0 radical (unpaired) electrons. The molecule has 3 rings (SSSR count). The zero-order chi connectivity index (χ0) is 17.2. The second-order valence-corrected chi connectivity index (χ2v) is 7.64. The van der Waals surface area contributed by atoms with Crippen LogP contribution in [0.4, 0.5) is 0 Å². The topological polar surface area (TPSA) is 53.7 Å². The smallest absolute Gasteiger partial charge is 0.191 e. The molecule has 2 aromatic heterocycles.